The first-order chi connectivity index (χ1) is 6.31. The van der Waals surface area contributed by atoms with E-state index in [4.69, 9.17) is 0 Å². The fraction of sp³-hybridized carbons (Fsp3) is 0.400. The van der Waals surface area contributed by atoms with Gasteiger partial charge in [0.15, 0.2) is 0 Å². The highest BCUT2D eigenvalue weighted by Gasteiger charge is 2.31. The van der Waals surface area contributed by atoms with E-state index >= 15 is 0 Å². The SMILES string of the molecule is CNC1CSC1c1cccc(Br)c1. The van der Waals surface area contributed by atoms with E-state index in [0.717, 1.165) is 0 Å². The Labute approximate surface area is 91.4 Å². The third-order valence-electron chi connectivity index (χ3n) is 2.37. The highest BCUT2D eigenvalue weighted by atomic mass is 79.9. The van der Waals surface area contributed by atoms with Gasteiger partial charge in [0, 0.05) is 21.5 Å². The molecule has 0 saturated carbocycles. The molecule has 1 aromatic carbocycles. The molecule has 1 N–H and O–H groups in total. The second kappa shape index (κ2) is 4.03. The van der Waals surface area contributed by atoms with Crippen molar-refractivity contribution in [2.45, 2.75) is 11.3 Å². The van der Waals surface area contributed by atoms with Gasteiger partial charge in [-0.25, -0.2) is 0 Å². The van der Waals surface area contributed by atoms with Gasteiger partial charge >= 0.3 is 0 Å². The smallest absolute Gasteiger partial charge is 0.0459 e. The molecule has 1 saturated heterocycles. The van der Waals surface area contributed by atoms with E-state index in [-0.39, 0.29) is 0 Å². The molecule has 0 spiro atoms. The lowest BCUT2D eigenvalue weighted by atomic mass is 10.1. The molecule has 0 aliphatic carbocycles. The number of nitrogens with one attached hydrogen (secondary N) is 1. The van der Waals surface area contributed by atoms with Crippen molar-refractivity contribution in [2.75, 3.05) is 12.8 Å². The number of benzene rings is 1. The van der Waals surface area contributed by atoms with E-state index in [1.165, 1.54) is 15.8 Å². The maximum Gasteiger partial charge on any atom is 0.0459 e. The molecule has 1 heterocycles. The van der Waals surface area contributed by atoms with Crippen molar-refractivity contribution in [1.29, 1.82) is 0 Å². The van der Waals surface area contributed by atoms with Crippen molar-refractivity contribution in [3.63, 3.8) is 0 Å². The molecule has 0 radical (unpaired) electrons. The topological polar surface area (TPSA) is 12.0 Å². The van der Waals surface area contributed by atoms with Gasteiger partial charge < -0.3 is 5.32 Å². The highest BCUT2D eigenvalue weighted by molar-refractivity contribution is 9.10. The molecule has 1 fully saturated rings. The van der Waals surface area contributed by atoms with Gasteiger partial charge in [-0.2, -0.15) is 11.8 Å². The molecule has 3 heteroatoms. The van der Waals surface area contributed by atoms with Crippen LogP contribution >= 0.6 is 27.7 Å². The van der Waals surface area contributed by atoms with Crippen LogP contribution in [-0.4, -0.2) is 18.8 Å². The Morgan fingerprint density at radius 2 is 2.38 bits per heavy atom. The summed E-state index contributed by atoms with van der Waals surface area (Å²) in [6, 6.07) is 9.23. The summed E-state index contributed by atoms with van der Waals surface area (Å²) in [6.45, 7) is 0. The Kier molecular flexibility index (Phi) is 2.96. The molecular weight excluding hydrogens is 246 g/mol. The zero-order chi connectivity index (χ0) is 9.26. The van der Waals surface area contributed by atoms with Crippen molar-refractivity contribution >= 4 is 27.7 Å². The van der Waals surface area contributed by atoms with Crippen LogP contribution < -0.4 is 5.32 Å². The van der Waals surface area contributed by atoms with Gasteiger partial charge in [0.1, 0.15) is 0 Å². The minimum absolute atomic E-state index is 0.641. The lowest BCUT2D eigenvalue weighted by molar-refractivity contribution is 0.573. The number of rotatable bonds is 2. The molecule has 1 aliphatic rings. The minimum Gasteiger partial charge on any atom is -0.315 e. The highest BCUT2D eigenvalue weighted by Crippen LogP contribution is 2.42. The molecular formula is C10H12BrNS. The van der Waals surface area contributed by atoms with Crippen LogP contribution in [0.1, 0.15) is 10.8 Å². The third-order valence-corrected chi connectivity index (χ3v) is 4.37. The van der Waals surface area contributed by atoms with Gasteiger partial charge in [-0.15, -0.1) is 0 Å². The summed E-state index contributed by atoms with van der Waals surface area (Å²) in [4.78, 5) is 0. The van der Waals surface area contributed by atoms with Crippen LogP contribution in [-0.2, 0) is 0 Å². The van der Waals surface area contributed by atoms with Gasteiger partial charge in [-0.1, -0.05) is 28.1 Å². The van der Waals surface area contributed by atoms with Crippen molar-refractivity contribution in [1.82, 2.24) is 5.32 Å². The Morgan fingerprint density at radius 3 is 2.92 bits per heavy atom. The van der Waals surface area contributed by atoms with Gasteiger partial charge in [-0.05, 0) is 24.7 Å². The molecule has 1 nitrogen and oxygen atoms in total. The van der Waals surface area contributed by atoms with Crippen molar-refractivity contribution < 1.29 is 0 Å². The summed E-state index contributed by atoms with van der Waals surface area (Å²) in [7, 11) is 2.04. The number of halogens is 1. The Morgan fingerprint density at radius 1 is 1.54 bits per heavy atom. The standard InChI is InChI=1S/C10H12BrNS/c1-12-9-6-13-10(9)7-3-2-4-8(11)5-7/h2-5,9-10,12H,6H2,1H3. The number of hydrogen-bond donors (Lipinski definition) is 1. The van der Waals surface area contributed by atoms with Crippen molar-refractivity contribution in [2.24, 2.45) is 0 Å². The van der Waals surface area contributed by atoms with Crippen molar-refractivity contribution in [3.8, 4) is 0 Å². The van der Waals surface area contributed by atoms with Crippen LogP contribution in [0, 0.1) is 0 Å². The summed E-state index contributed by atoms with van der Waals surface area (Å²) >= 11 is 5.51. The fourth-order valence-corrected chi connectivity index (χ4v) is 3.17. The van der Waals surface area contributed by atoms with E-state index in [2.05, 4.69) is 45.5 Å². The molecule has 2 atom stereocenters. The summed E-state index contributed by atoms with van der Waals surface area (Å²) in [5.74, 6) is 1.23. The van der Waals surface area contributed by atoms with E-state index in [0.29, 0.717) is 11.3 Å². The largest absolute Gasteiger partial charge is 0.315 e. The fourth-order valence-electron chi connectivity index (χ4n) is 1.54. The number of thioether (sulfide) groups is 1. The Hall–Kier alpha value is 0.01000. The first-order valence-electron chi connectivity index (χ1n) is 4.35. The van der Waals surface area contributed by atoms with Gasteiger partial charge in [-0.3, -0.25) is 0 Å². The predicted molar refractivity (Wildman–Crippen MR) is 62.2 cm³/mol. The minimum atomic E-state index is 0.641. The monoisotopic (exact) mass is 257 g/mol. The lowest BCUT2D eigenvalue weighted by Crippen LogP contribution is -2.40. The molecule has 0 aromatic heterocycles. The zero-order valence-electron chi connectivity index (χ0n) is 7.46. The first kappa shape index (κ1) is 9.56. The van der Waals surface area contributed by atoms with E-state index < -0.39 is 0 Å². The average molecular weight is 258 g/mol. The molecule has 2 unspecified atom stereocenters. The van der Waals surface area contributed by atoms with Crippen LogP contribution in [0.25, 0.3) is 0 Å². The van der Waals surface area contributed by atoms with Crippen LogP contribution in [0.15, 0.2) is 28.7 Å². The van der Waals surface area contributed by atoms with E-state index in [1.54, 1.807) is 0 Å². The predicted octanol–water partition coefficient (Wildman–Crippen LogP) is 2.83. The molecule has 2 rings (SSSR count). The summed E-state index contributed by atoms with van der Waals surface area (Å²) in [6.07, 6.45) is 0. The van der Waals surface area contributed by atoms with E-state index in [1.807, 2.05) is 18.8 Å². The maximum atomic E-state index is 3.50. The Balaban J connectivity index is 2.16. The normalized spacial score (nSPS) is 26.9. The summed E-state index contributed by atoms with van der Waals surface area (Å²) in [5.41, 5.74) is 1.42. The zero-order valence-corrected chi connectivity index (χ0v) is 9.86. The molecule has 0 amide bonds. The third kappa shape index (κ3) is 1.92. The van der Waals surface area contributed by atoms with Gasteiger partial charge in [0.2, 0.25) is 0 Å². The maximum absolute atomic E-state index is 3.50. The van der Waals surface area contributed by atoms with Crippen molar-refractivity contribution in [3.05, 3.63) is 34.3 Å². The second-order valence-electron chi connectivity index (χ2n) is 3.20. The molecule has 1 aromatic rings. The second-order valence-corrected chi connectivity index (χ2v) is 5.29. The molecule has 70 valence electrons. The molecule has 13 heavy (non-hydrogen) atoms. The quantitative estimate of drug-likeness (QED) is 0.875. The van der Waals surface area contributed by atoms with Crippen LogP contribution in [0.2, 0.25) is 0 Å². The van der Waals surface area contributed by atoms with Crippen LogP contribution in [0.4, 0.5) is 0 Å². The molecule has 0 bridgehead atoms. The Bertz CT molecular complexity index is 301. The van der Waals surface area contributed by atoms with Gasteiger partial charge in [0.05, 0.1) is 0 Å². The van der Waals surface area contributed by atoms with Crippen LogP contribution in [0.3, 0.4) is 0 Å². The average Bonchev–Trinajstić information content (AvgIpc) is 2.03. The number of likely N-dealkylation sites (N-methyl/N-ethyl adjacent to an activating group) is 1. The first-order valence-corrected chi connectivity index (χ1v) is 6.20. The van der Waals surface area contributed by atoms with E-state index in [9.17, 15) is 0 Å². The van der Waals surface area contributed by atoms with Gasteiger partial charge in [0.25, 0.3) is 0 Å². The summed E-state index contributed by atoms with van der Waals surface area (Å²) in [5, 5.41) is 3.97. The summed E-state index contributed by atoms with van der Waals surface area (Å²) < 4.78 is 1.17. The lowest BCUT2D eigenvalue weighted by Gasteiger charge is -2.36. The molecule has 1 aliphatic heterocycles. The van der Waals surface area contributed by atoms with Crippen LogP contribution in [0.5, 0.6) is 0 Å². The number of hydrogen-bond acceptors (Lipinski definition) is 2.